The summed E-state index contributed by atoms with van der Waals surface area (Å²) in [5.41, 5.74) is 0.975. The summed E-state index contributed by atoms with van der Waals surface area (Å²) in [4.78, 5) is 11.7. The van der Waals surface area contributed by atoms with Crippen molar-refractivity contribution in [3.05, 3.63) is 18.0 Å². The summed E-state index contributed by atoms with van der Waals surface area (Å²) in [5.74, 6) is 0.0360. The molecule has 0 aliphatic heterocycles. The van der Waals surface area contributed by atoms with Gasteiger partial charge in [0, 0.05) is 24.5 Å². The van der Waals surface area contributed by atoms with Crippen LogP contribution in [-0.2, 0) is 11.3 Å². The molecule has 0 bridgehead atoms. The van der Waals surface area contributed by atoms with E-state index in [1.165, 1.54) is 0 Å². The smallest absolute Gasteiger partial charge is 0.237 e. The second kappa shape index (κ2) is 8.08. The third kappa shape index (κ3) is 5.70. The molecular formula is C11H21ClN4O. The summed E-state index contributed by atoms with van der Waals surface area (Å²) >= 11 is 0. The van der Waals surface area contributed by atoms with Gasteiger partial charge in [-0.3, -0.25) is 9.89 Å². The van der Waals surface area contributed by atoms with E-state index in [9.17, 15) is 4.79 Å². The van der Waals surface area contributed by atoms with Crippen LogP contribution in [0.1, 0.15) is 32.9 Å². The lowest BCUT2D eigenvalue weighted by Crippen LogP contribution is -2.45. The van der Waals surface area contributed by atoms with Crippen molar-refractivity contribution in [3.63, 3.8) is 0 Å². The molecule has 1 amide bonds. The van der Waals surface area contributed by atoms with Crippen LogP contribution in [-0.4, -0.2) is 28.2 Å². The first-order chi connectivity index (χ1) is 7.63. The number of hydrogen-bond donors (Lipinski definition) is 3. The highest BCUT2D eigenvalue weighted by atomic mass is 35.5. The fraction of sp³-hybridized carbons (Fsp3) is 0.636. The normalized spacial score (nSPS) is 13.6. The van der Waals surface area contributed by atoms with E-state index in [4.69, 9.17) is 0 Å². The number of rotatable bonds is 6. The van der Waals surface area contributed by atoms with Crippen molar-refractivity contribution in [2.45, 2.75) is 45.8 Å². The van der Waals surface area contributed by atoms with Gasteiger partial charge in [-0.15, -0.1) is 12.4 Å². The Morgan fingerprint density at radius 1 is 1.53 bits per heavy atom. The standard InChI is InChI=1S/C11H20N4O.ClH/c1-4-8(2)14-11(16)9(3)12-7-10-5-6-13-15-10;/h5-6,8-9,12H,4,7H2,1-3H3,(H,13,15)(H,14,16);1H. The van der Waals surface area contributed by atoms with Gasteiger partial charge < -0.3 is 10.6 Å². The van der Waals surface area contributed by atoms with Gasteiger partial charge in [0.15, 0.2) is 0 Å². The topological polar surface area (TPSA) is 69.8 Å². The number of H-pyrrole nitrogens is 1. The summed E-state index contributed by atoms with van der Waals surface area (Å²) < 4.78 is 0. The lowest BCUT2D eigenvalue weighted by atomic mass is 10.2. The van der Waals surface area contributed by atoms with Crippen molar-refractivity contribution in [2.75, 3.05) is 0 Å². The molecule has 0 spiro atoms. The van der Waals surface area contributed by atoms with Gasteiger partial charge in [-0.2, -0.15) is 5.10 Å². The first-order valence-corrected chi connectivity index (χ1v) is 5.65. The monoisotopic (exact) mass is 260 g/mol. The molecule has 0 aliphatic rings. The molecule has 1 heterocycles. The zero-order chi connectivity index (χ0) is 12.0. The molecule has 0 saturated heterocycles. The molecule has 1 aromatic heterocycles. The maximum absolute atomic E-state index is 11.7. The number of nitrogens with zero attached hydrogens (tertiary/aromatic N) is 1. The Morgan fingerprint density at radius 3 is 2.76 bits per heavy atom. The van der Waals surface area contributed by atoms with E-state index >= 15 is 0 Å². The number of halogens is 1. The molecule has 2 unspecified atom stereocenters. The van der Waals surface area contributed by atoms with E-state index in [-0.39, 0.29) is 30.4 Å². The number of aromatic nitrogens is 2. The maximum atomic E-state index is 11.7. The fourth-order valence-corrected chi connectivity index (χ4v) is 1.21. The van der Waals surface area contributed by atoms with Crippen LogP contribution in [0.4, 0.5) is 0 Å². The largest absolute Gasteiger partial charge is 0.352 e. The molecule has 98 valence electrons. The Kier molecular flexibility index (Phi) is 7.58. The van der Waals surface area contributed by atoms with Gasteiger partial charge in [-0.05, 0) is 26.3 Å². The molecule has 0 radical (unpaired) electrons. The summed E-state index contributed by atoms with van der Waals surface area (Å²) in [7, 11) is 0. The molecule has 2 atom stereocenters. The van der Waals surface area contributed by atoms with E-state index in [0.29, 0.717) is 6.54 Å². The zero-order valence-electron chi connectivity index (χ0n) is 10.5. The van der Waals surface area contributed by atoms with E-state index in [2.05, 4.69) is 20.8 Å². The highest BCUT2D eigenvalue weighted by Crippen LogP contribution is 1.94. The van der Waals surface area contributed by atoms with Gasteiger partial charge in [-0.1, -0.05) is 6.92 Å². The van der Waals surface area contributed by atoms with Crippen LogP contribution >= 0.6 is 12.4 Å². The second-order valence-corrected chi connectivity index (χ2v) is 4.00. The first kappa shape index (κ1) is 15.9. The average Bonchev–Trinajstić information content (AvgIpc) is 2.78. The molecule has 0 fully saturated rings. The van der Waals surface area contributed by atoms with Crippen LogP contribution in [0.5, 0.6) is 0 Å². The van der Waals surface area contributed by atoms with Crippen molar-refractivity contribution in [1.29, 1.82) is 0 Å². The first-order valence-electron chi connectivity index (χ1n) is 5.65. The summed E-state index contributed by atoms with van der Waals surface area (Å²) in [6.45, 7) is 6.52. The second-order valence-electron chi connectivity index (χ2n) is 4.00. The van der Waals surface area contributed by atoms with Crippen LogP contribution in [0.2, 0.25) is 0 Å². The molecule has 17 heavy (non-hydrogen) atoms. The van der Waals surface area contributed by atoms with Crippen LogP contribution in [0, 0.1) is 0 Å². The minimum absolute atomic E-state index is 0. The van der Waals surface area contributed by atoms with Crippen molar-refractivity contribution >= 4 is 18.3 Å². The summed E-state index contributed by atoms with van der Waals surface area (Å²) in [6, 6.07) is 1.91. The Labute approximate surface area is 108 Å². The van der Waals surface area contributed by atoms with Gasteiger partial charge in [0.05, 0.1) is 6.04 Å². The van der Waals surface area contributed by atoms with Crippen LogP contribution in [0.3, 0.4) is 0 Å². The molecule has 1 aromatic rings. The molecule has 0 saturated carbocycles. The van der Waals surface area contributed by atoms with E-state index < -0.39 is 0 Å². The Morgan fingerprint density at radius 2 is 2.24 bits per heavy atom. The molecule has 0 aromatic carbocycles. The molecule has 5 nitrogen and oxygen atoms in total. The molecule has 1 rings (SSSR count). The van der Waals surface area contributed by atoms with Crippen molar-refractivity contribution in [2.24, 2.45) is 0 Å². The van der Waals surface area contributed by atoms with Crippen LogP contribution in [0.25, 0.3) is 0 Å². The van der Waals surface area contributed by atoms with Gasteiger partial charge in [0.2, 0.25) is 5.91 Å². The number of amides is 1. The number of aromatic amines is 1. The number of hydrogen-bond acceptors (Lipinski definition) is 3. The highest BCUT2D eigenvalue weighted by molar-refractivity contribution is 5.85. The Balaban J connectivity index is 0.00000256. The third-order valence-electron chi connectivity index (χ3n) is 2.55. The third-order valence-corrected chi connectivity index (χ3v) is 2.55. The van der Waals surface area contributed by atoms with E-state index in [1.807, 2.05) is 26.8 Å². The summed E-state index contributed by atoms with van der Waals surface area (Å²) in [6.07, 6.45) is 2.64. The van der Waals surface area contributed by atoms with E-state index in [1.54, 1.807) is 6.20 Å². The fourth-order valence-electron chi connectivity index (χ4n) is 1.21. The molecule has 3 N–H and O–H groups in total. The number of carbonyl (C=O) groups excluding carboxylic acids is 1. The lowest BCUT2D eigenvalue weighted by molar-refractivity contribution is -0.123. The molecule has 6 heteroatoms. The summed E-state index contributed by atoms with van der Waals surface area (Å²) in [5, 5.41) is 12.7. The number of nitrogens with one attached hydrogen (secondary N) is 3. The van der Waals surface area contributed by atoms with E-state index in [0.717, 1.165) is 12.1 Å². The SMILES string of the molecule is CCC(C)NC(=O)C(C)NCc1ccn[nH]1.Cl. The van der Waals surface area contributed by atoms with Gasteiger partial charge in [-0.25, -0.2) is 0 Å². The molecular weight excluding hydrogens is 240 g/mol. The zero-order valence-corrected chi connectivity index (χ0v) is 11.3. The maximum Gasteiger partial charge on any atom is 0.237 e. The minimum atomic E-state index is -0.197. The minimum Gasteiger partial charge on any atom is -0.352 e. The highest BCUT2D eigenvalue weighted by Gasteiger charge is 2.13. The number of carbonyl (C=O) groups is 1. The van der Waals surface area contributed by atoms with Gasteiger partial charge in [0.25, 0.3) is 0 Å². The van der Waals surface area contributed by atoms with Gasteiger partial charge >= 0.3 is 0 Å². The Bertz CT molecular complexity index is 315. The van der Waals surface area contributed by atoms with Gasteiger partial charge in [0.1, 0.15) is 0 Å². The van der Waals surface area contributed by atoms with Crippen molar-refractivity contribution in [3.8, 4) is 0 Å². The average molecular weight is 261 g/mol. The van der Waals surface area contributed by atoms with Crippen LogP contribution < -0.4 is 10.6 Å². The Hall–Kier alpha value is -1.07. The van der Waals surface area contributed by atoms with Crippen molar-refractivity contribution < 1.29 is 4.79 Å². The van der Waals surface area contributed by atoms with Crippen molar-refractivity contribution in [1.82, 2.24) is 20.8 Å². The van der Waals surface area contributed by atoms with Crippen LogP contribution in [0.15, 0.2) is 12.3 Å². The quantitative estimate of drug-likeness (QED) is 0.720. The predicted octanol–water partition coefficient (Wildman–Crippen LogP) is 1.22. The molecule has 0 aliphatic carbocycles. The predicted molar refractivity (Wildman–Crippen MR) is 70.0 cm³/mol. The lowest BCUT2D eigenvalue weighted by Gasteiger charge is -2.17.